The first-order valence-corrected chi connectivity index (χ1v) is 7.44. The van der Waals surface area contributed by atoms with Crippen molar-refractivity contribution in [3.63, 3.8) is 0 Å². The average Bonchev–Trinajstić information content (AvgIpc) is 2.51. The van der Waals surface area contributed by atoms with Gasteiger partial charge in [-0.15, -0.1) is 0 Å². The lowest BCUT2D eigenvalue weighted by Gasteiger charge is -2.29. The number of aliphatic carboxylic acids is 1. The Morgan fingerprint density at radius 3 is 2.70 bits per heavy atom. The topological polar surface area (TPSA) is 95.9 Å². The van der Waals surface area contributed by atoms with Gasteiger partial charge in [-0.25, -0.2) is 4.79 Å². The minimum Gasteiger partial charge on any atom is -0.482 e. The van der Waals surface area contributed by atoms with Crippen molar-refractivity contribution in [3.8, 4) is 5.75 Å². The molecule has 0 aromatic heterocycles. The van der Waals surface area contributed by atoms with E-state index >= 15 is 0 Å². The second-order valence-electron chi connectivity index (χ2n) is 5.68. The zero-order chi connectivity index (χ0) is 17.0. The Bertz CT molecular complexity index is 614. The standard InChI is InChI=1S/C16H20N2O5/c1-10(2)15(16(21)22)17-13(19)7-8-18-11-5-3-4-6-12(11)23-9-14(18)20/h3-6,10,15H,7-9H2,1-2H3,(H,17,19)(H,21,22)/t15-/m0/s1. The second-order valence-corrected chi connectivity index (χ2v) is 5.68. The largest absolute Gasteiger partial charge is 0.482 e. The van der Waals surface area contributed by atoms with Gasteiger partial charge in [-0.2, -0.15) is 0 Å². The summed E-state index contributed by atoms with van der Waals surface area (Å²) in [5.74, 6) is -1.32. The van der Waals surface area contributed by atoms with Crippen molar-refractivity contribution in [2.75, 3.05) is 18.1 Å². The van der Waals surface area contributed by atoms with Crippen LogP contribution in [0.4, 0.5) is 5.69 Å². The molecule has 1 aliphatic heterocycles. The molecular formula is C16H20N2O5. The van der Waals surface area contributed by atoms with E-state index in [1.54, 1.807) is 38.1 Å². The number of nitrogens with zero attached hydrogens (tertiary/aromatic N) is 1. The number of nitrogens with one attached hydrogen (secondary N) is 1. The van der Waals surface area contributed by atoms with E-state index < -0.39 is 17.9 Å². The first-order chi connectivity index (χ1) is 10.9. The van der Waals surface area contributed by atoms with Gasteiger partial charge in [0.05, 0.1) is 5.69 Å². The van der Waals surface area contributed by atoms with E-state index in [1.807, 2.05) is 0 Å². The highest BCUT2D eigenvalue weighted by Crippen LogP contribution is 2.31. The van der Waals surface area contributed by atoms with Crippen LogP contribution in [-0.2, 0) is 14.4 Å². The molecule has 1 aromatic rings. The van der Waals surface area contributed by atoms with Crippen LogP contribution in [0.2, 0.25) is 0 Å². The van der Waals surface area contributed by atoms with Gasteiger partial charge >= 0.3 is 5.97 Å². The normalized spacial score (nSPS) is 14.9. The number of ether oxygens (including phenoxy) is 1. The van der Waals surface area contributed by atoms with E-state index in [-0.39, 0.29) is 31.4 Å². The van der Waals surface area contributed by atoms with Crippen LogP contribution in [-0.4, -0.2) is 42.1 Å². The highest BCUT2D eigenvalue weighted by Gasteiger charge is 2.27. The maximum absolute atomic E-state index is 12.0. The minimum absolute atomic E-state index is 0.0244. The molecule has 1 atom stereocenters. The molecule has 0 radical (unpaired) electrons. The SMILES string of the molecule is CC(C)[C@H](NC(=O)CCN1C(=O)COc2ccccc21)C(=O)O. The average molecular weight is 320 g/mol. The van der Waals surface area contributed by atoms with E-state index in [1.165, 1.54) is 4.90 Å². The van der Waals surface area contributed by atoms with Crippen LogP contribution in [0.15, 0.2) is 24.3 Å². The summed E-state index contributed by atoms with van der Waals surface area (Å²) in [5.41, 5.74) is 0.621. The number of benzene rings is 1. The molecule has 2 amide bonds. The number of carbonyl (C=O) groups is 3. The Morgan fingerprint density at radius 2 is 2.04 bits per heavy atom. The molecule has 7 nitrogen and oxygen atoms in total. The summed E-state index contributed by atoms with van der Waals surface area (Å²) >= 11 is 0. The zero-order valence-electron chi connectivity index (χ0n) is 13.1. The van der Waals surface area contributed by atoms with Gasteiger partial charge in [-0.05, 0) is 18.1 Å². The predicted octanol–water partition coefficient (Wildman–Crippen LogP) is 1.03. The Labute approximate surface area is 134 Å². The van der Waals surface area contributed by atoms with E-state index in [4.69, 9.17) is 9.84 Å². The summed E-state index contributed by atoms with van der Waals surface area (Å²) in [6, 6.07) is 6.16. The summed E-state index contributed by atoms with van der Waals surface area (Å²) in [4.78, 5) is 36.6. The van der Waals surface area contributed by atoms with Crippen molar-refractivity contribution in [1.82, 2.24) is 5.32 Å². The highest BCUT2D eigenvalue weighted by molar-refractivity contribution is 5.98. The molecule has 0 spiro atoms. The van der Waals surface area contributed by atoms with Crippen LogP contribution in [0.1, 0.15) is 20.3 Å². The molecule has 0 bridgehead atoms. The van der Waals surface area contributed by atoms with Gasteiger partial charge in [-0.1, -0.05) is 26.0 Å². The lowest BCUT2D eigenvalue weighted by atomic mass is 10.0. The van der Waals surface area contributed by atoms with Gasteiger partial charge in [0.15, 0.2) is 6.61 Å². The molecule has 0 fully saturated rings. The second kappa shape index (κ2) is 7.13. The molecule has 2 rings (SSSR count). The highest BCUT2D eigenvalue weighted by atomic mass is 16.5. The molecule has 0 aliphatic carbocycles. The van der Waals surface area contributed by atoms with E-state index in [0.717, 1.165) is 0 Å². The Balaban J connectivity index is 1.99. The number of fused-ring (bicyclic) bond motifs is 1. The van der Waals surface area contributed by atoms with Crippen molar-refractivity contribution in [3.05, 3.63) is 24.3 Å². The Kier molecular flexibility index (Phi) is 5.20. The molecule has 2 N–H and O–H groups in total. The van der Waals surface area contributed by atoms with Gasteiger partial charge in [-0.3, -0.25) is 9.59 Å². The smallest absolute Gasteiger partial charge is 0.326 e. The third-order valence-corrected chi connectivity index (χ3v) is 3.62. The van der Waals surface area contributed by atoms with E-state index in [9.17, 15) is 14.4 Å². The minimum atomic E-state index is -1.07. The van der Waals surface area contributed by atoms with Gasteiger partial charge in [0.2, 0.25) is 5.91 Å². The quantitative estimate of drug-likeness (QED) is 0.816. The van der Waals surface area contributed by atoms with E-state index in [0.29, 0.717) is 11.4 Å². The number of amides is 2. The molecule has 7 heteroatoms. The van der Waals surface area contributed by atoms with Gasteiger partial charge in [0.25, 0.3) is 5.91 Å². The van der Waals surface area contributed by atoms with Gasteiger partial charge in [0.1, 0.15) is 11.8 Å². The van der Waals surface area contributed by atoms with Crippen molar-refractivity contribution in [2.45, 2.75) is 26.3 Å². The molecule has 0 saturated carbocycles. The fourth-order valence-electron chi connectivity index (χ4n) is 2.37. The number of hydrogen-bond acceptors (Lipinski definition) is 4. The monoisotopic (exact) mass is 320 g/mol. The van der Waals surface area contributed by atoms with Crippen LogP contribution in [0.3, 0.4) is 0 Å². The van der Waals surface area contributed by atoms with Crippen molar-refractivity contribution in [1.29, 1.82) is 0 Å². The molecule has 23 heavy (non-hydrogen) atoms. The van der Waals surface area contributed by atoms with Crippen molar-refractivity contribution >= 4 is 23.5 Å². The maximum Gasteiger partial charge on any atom is 0.326 e. The maximum atomic E-state index is 12.0. The van der Waals surface area contributed by atoms with Crippen LogP contribution >= 0.6 is 0 Å². The van der Waals surface area contributed by atoms with Crippen LogP contribution in [0, 0.1) is 5.92 Å². The predicted molar refractivity (Wildman–Crippen MR) is 83.3 cm³/mol. The van der Waals surface area contributed by atoms with Crippen molar-refractivity contribution in [2.24, 2.45) is 5.92 Å². The van der Waals surface area contributed by atoms with Crippen molar-refractivity contribution < 1.29 is 24.2 Å². The van der Waals surface area contributed by atoms with E-state index in [2.05, 4.69) is 5.32 Å². The summed E-state index contributed by atoms with van der Waals surface area (Å²) < 4.78 is 5.33. The fourth-order valence-corrected chi connectivity index (χ4v) is 2.37. The summed E-state index contributed by atoms with van der Waals surface area (Å²) in [7, 11) is 0. The number of carboxylic acids is 1. The van der Waals surface area contributed by atoms with Gasteiger partial charge in [0, 0.05) is 13.0 Å². The number of rotatable bonds is 6. The number of carboxylic acid groups (broad SMARTS) is 1. The third-order valence-electron chi connectivity index (χ3n) is 3.62. The molecule has 0 unspecified atom stereocenters. The van der Waals surface area contributed by atoms with Crippen LogP contribution < -0.4 is 15.0 Å². The molecular weight excluding hydrogens is 300 g/mol. The first-order valence-electron chi connectivity index (χ1n) is 7.44. The molecule has 124 valence electrons. The zero-order valence-corrected chi connectivity index (χ0v) is 13.1. The number of anilines is 1. The lowest BCUT2D eigenvalue weighted by Crippen LogP contribution is -2.46. The van der Waals surface area contributed by atoms with Crippen LogP contribution in [0.5, 0.6) is 5.75 Å². The number of para-hydroxylation sites is 2. The summed E-state index contributed by atoms with van der Waals surface area (Å²) in [6.45, 7) is 3.56. The molecule has 1 heterocycles. The lowest BCUT2D eigenvalue weighted by molar-refractivity contribution is -0.143. The number of carbonyl (C=O) groups excluding carboxylic acids is 2. The number of hydrogen-bond donors (Lipinski definition) is 2. The fraction of sp³-hybridized carbons (Fsp3) is 0.438. The molecule has 1 aliphatic rings. The Morgan fingerprint density at radius 1 is 1.35 bits per heavy atom. The first kappa shape index (κ1) is 16.8. The summed E-state index contributed by atoms with van der Waals surface area (Å²) in [6.07, 6.45) is 0.0244. The summed E-state index contributed by atoms with van der Waals surface area (Å²) in [5, 5.41) is 11.6. The molecule has 0 saturated heterocycles. The van der Waals surface area contributed by atoms with Crippen LogP contribution in [0.25, 0.3) is 0 Å². The third kappa shape index (κ3) is 4.00. The molecule has 1 aromatic carbocycles. The van der Waals surface area contributed by atoms with Gasteiger partial charge < -0.3 is 20.1 Å². The Hall–Kier alpha value is -2.57.